The Labute approximate surface area is 119 Å². The molecule has 0 radical (unpaired) electrons. The van der Waals surface area contributed by atoms with Crippen molar-refractivity contribution >= 4 is 16.6 Å². The molecule has 0 amide bonds. The highest BCUT2D eigenvalue weighted by molar-refractivity contribution is 5.95. The van der Waals surface area contributed by atoms with Crippen molar-refractivity contribution in [2.45, 2.75) is 46.0 Å². The summed E-state index contributed by atoms with van der Waals surface area (Å²) in [5, 5.41) is 4.55. The first-order valence-electron chi connectivity index (χ1n) is 7.56. The van der Waals surface area contributed by atoms with Crippen molar-refractivity contribution in [1.82, 2.24) is 4.98 Å². The Morgan fingerprint density at radius 2 is 2.00 bits per heavy atom. The van der Waals surface area contributed by atoms with E-state index in [9.17, 15) is 4.39 Å². The Bertz CT molecular complexity index is 649. The first kappa shape index (κ1) is 13.3. The average molecular weight is 272 g/mol. The van der Waals surface area contributed by atoms with Crippen LogP contribution < -0.4 is 5.32 Å². The lowest BCUT2D eigenvalue weighted by Crippen LogP contribution is -2.07. The van der Waals surface area contributed by atoms with Gasteiger partial charge in [-0.05, 0) is 57.2 Å². The number of fused-ring (bicyclic) bond motifs is 2. The number of anilines is 1. The van der Waals surface area contributed by atoms with Gasteiger partial charge in [0.2, 0.25) is 0 Å². The summed E-state index contributed by atoms with van der Waals surface area (Å²) in [5.41, 5.74) is 5.18. The first-order chi connectivity index (χ1) is 9.72. The largest absolute Gasteiger partial charge is 0.384 e. The molecule has 106 valence electrons. The molecule has 1 aromatic heterocycles. The van der Waals surface area contributed by atoms with Crippen LogP contribution in [-0.4, -0.2) is 11.5 Å². The minimum atomic E-state index is -0.166. The number of benzene rings is 1. The topological polar surface area (TPSA) is 24.9 Å². The summed E-state index contributed by atoms with van der Waals surface area (Å²) >= 11 is 0. The standard InChI is InChI=1S/C17H21FN2/c1-3-19-17-12-7-5-4-6-8-15(12)20-16-11(2)14(18)10-9-13(16)17/h9-10H,3-8H2,1-2H3,(H,19,20). The molecule has 0 aliphatic heterocycles. The number of rotatable bonds is 2. The van der Waals surface area contributed by atoms with Gasteiger partial charge in [-0.3, -0.25) is 4.98 Å². The molecule has 1 aliphatic carbocycles. The first-order valence-corrected chi connectivity index (χ1v) is 7.56. The molecule has 0 unspecified atom stereocenters. The third kappa shape index (κ3) is 2.15. The second-order valence-corrected chi connectivity index (χ2v) is 5.57. The fourth-order valence-corrected chi connectivity index (χ4v) is 3.16. The van der Waals surface area contributed by atoms with Gasteiger partial charge in [-0.1, -0.05) is 6.42 Å². The smallest absolute Gasteiger partial charge is 0.128 e. The van der Waals surface area contributed by atoms with Crippen LogP contribution in [0.2, 0.25) is 0 Å². The Kier molecular flexibility index (Phi) is 3.60. The molecule has 1 aromatic carbocycles. The van der Waals surface area contributed by atoms with Crippen LogP contribution in [0.3, 0.4) is 0 Å². The summed E-state index contributed by atoms with van der Waals surface area (Å²) < 4.78 is 13.8. The van der Waals surface area contributed by atoms with Crippen LogP contribution >= 0.6 is 0 Å². The lowest BCUT2D eigenvalue weighted by Gasteiger charge is -2.17. The van der Waals surface area contributed by atoms with Gasteiger partial charge >= 0.3 is 0 Å². The molecule has 0 fully saturated rings. The van der Waals surface area contributed by atoms with Gasteiger partial charge < -0.3 is 5.32 Å². The highest BCUT2D eigenvalue weighted by atomic mass is 19.1. The van der Waals surface area contributed by atoms with E-state index in [0.29, 0.717) is 5.56 Å². The second kappa shape index (κ2) is 5.39. The molecule has 2 nitrogen and oxygen atoms in total. The third-order valence-electron chi connectivity index (χ3n) is 4.23. The molecular formula is C17H21FN2. The number of nitrogens with one attached hydrogen (secondary N) is 1. The quantitative estimate of drug-likeness (QED) is 0.820. The lowest BCUT2D eigenvalue weighted by atomic mass is 10.00. The monoisotopic (exact) mass is 272 g/mol. The maximum absolute atomic E-state index is 13.8. The van der Waals surface area contributed by atoms with Gasteiger partial charge in [0.15, 0.2) is 0 Å². The molecule has 3 heteroatoms. The maximum Gasteiger partial charge on any atom is 0.128 e. The molecule has 1 heterocycles. The molecule has 20 heavy (non-hydrogen) atoms. The fraction of sp³-hybridized carbons (Fsp3) is 0.471. The summed E-state index contributed by atoms with van der Waals surface area (Å²) in [6, 6.07) is 3.43. The molecule has 0 spiro atoms. The van der Waals surface area contributed by atoms with Crippen LogP contribution in [0, 0.1) is 12.7 Å². The summed E-state index contributed by atoms with van der Waals surface area (Å²) in [7, 11) is 0. The van der Waals surface area contributed by atoms with Gasteiger partial charge in [0.25, 0.3) is 0 Å². The summed E-state index contributed by atoms with van der Waals surface area (Å²) in [6.07, 6.45) is 5.76. The van der Waals surface area contributed by atoms with Crippen LogP contribution in [-0.2, 0) is 12.8 Å². The number of halogens is 1. The third-order valence-corrected chi connectivity index (χ3v) is 4.23. The molecule has 0 bridgehead atoms. The molecule has 0 saturated carbocycles. The van der Waals surface area contributed by atoms with Crippen LogP contribution in [0.4, 0.5) is 10.1 Å². The Morgan fingerprint density at radius 1 is 1.20 bits per heavy atom. The van der Waals surface area contributed by atoms with Crippen molar-refractivity contribution in [2.24, 2.45) is 0 Å². The van der Waals surface area contributed by atoms with Crippen molar-refractivity contribution < 1.29 is 4.39 Å². The highest BCUT2D eigenvalue weighted by Gasteiger charge is 2.18. The van der Waals surface area contributed by atoms with E-state index >= 15 is 0 Å². The number of aromatic nitrogens is 1. The van der Waals surface area contributed by atoms with E-state index < -0.39 is 0 Å². The number of hydrogen-bond donors (Lipinski definition) is 1. The summed E-state index contributed by atoms with van der Waals surface area (Å²) in [4.78, 5) is 4.80. The zero-order valence-electron chi connectivity index (χ0n) is 12.2. The zero-order chi connectivity index (χ0) is 14.1. The molecule has 1 N–H and O–H groups in total. The van der Waals surface area contributed by atoms with E-state index in [-0.39, 0.29) is 5.82 Å². The van der Waals surface area contributed by atoms with Crippen molar-refractivity contribution in [3.8, 4) is 0 Å². The minimum absolute atomic E-state index is 0.166. The van der Waals surface area contributed by atoms with Crippen molar-refractivity contribution in [3.63, 3.8) is 0 Å². The van der Waals surface area contributed by atoms with Gasteiger partial charge in [0.05, 0.1) is 5.52 Å². The van der Waals surface area contributed by atoms with E-state index in [1.54, 1.807) is 6.07 Å². The molecule has 3 rings (SSSR count). The van der Waals surface area contributed by atoms with E-state index in [4.69, 9.17) is 4.98 Å². The van der Waals surface area contributed by atoms with Crippen molar-refractivity contribution in [1.29, 1.82) is 0 Å². The van der Waals surface area contributed by atoms with Crippen LogP contribution in [0.15, 0.2) is 12.1 Å². The van der Waals surface area contributed by atoms with Crippen LogP contribution in [0.25, 0.3) is 10.9 Å². The van der Waals surface area contributed by atoms with Crippen molar-refractivity contribution in [2.75, 3.05) is 11.9 Å². The lowest BCUT2D eigenvalue weighted by molar-refractivity contribution is 0.620. The molecule has 2 aromatic rings. The second-order valence-electron chi connectivity index (χ2n) is 5.57. The highest BCUT2D eigenvalue weighted by Crippen LogP contribution is 2.34. The van der Waals surface area contributed by atoms with Gasteiger partial charge in [0.1, 0.15) is 5.82 Å². The summed E-state index contributed by atoms with van der Waals surface area (Å²) in [6.45, 7) is 4.80. The Balaban J connectivity index is 2.32. The van der Waals surface area contributed by atoms with Gasteiger partial charge in [0, 0.05) is 28.9 Å². The van der Waals surface area contributed by atoms with E-state index in [0.717, 1.165) is 30.3 Å². The van der Waals surface area contributed by atoms with E-state index in [1.165, 1.54) is 36.2 Å². The SMILES string of the molecule is CCNc1c2c(nc3c(C)c(F)ccc13)CCCCC2. The van der Waals surface area contributed by atoms with Gasteiger partial charge in [-0.15, -0.1) is 0 Å². The van der Waals surface area contributed by atoms with Crippen LogP contribution in [0.5, 0.6) is 0 Å². The number of pyridine rings is 1. The predicted molar refractivity (Wildman–Crippen MR) is 81.9 cm³/mol. The Hall–Kier alpha value is -1.64. The normalized spacial score (nSPS) is 14.9. The maximum atomic E-state index is 13.8. The number of nitrogens with zero attached hydrogens (tertiary/aromatic N) is 1. The molecule has 1 aliphatic rings. The minimum Gasteiger partial charge on any atom is -0.384 e. The number of aryl methyl sites for hydroxylation is 2. The van der Waals surface area contributed by atoms with Crippen molar-refractivity contribution in [3.05, 3.63) is 34.8 Å². The molecular weight excluding hydrogens is 251 g/mol. The fourth-order valence-electron chi connectivity index (χ4n) is 3.16. The molecule has 0 atom stereocenters. The zero-order valence-corrected chi connectivity index (χ0v) is 12.2. The summed E-state index contributed by atoms with van der Waals surface area (Å²) in [5.74, 6) is -0.166. The Morgan fingerprint density at radius 3 is 2.80 bits per heavy atom. The molecule has 0 saturated heterocycles. The van der Waals surface area contributed by atoms with Gasteiger partial charge in [-0.25, -0.2) is 4.39 Å². The number of hydrogen-bond acceptors (Lipinski definition) is 2. The van der Waals surface area contributed by atoms with Crippen LogP contribution in [0.1, 0.15) is 43.0 Å². The van der Waals surface area contributed by atoms with Gasteiger partial charge in [-0.2, -0.15) is 0 Å². The van der Waals surface area contributed by atoms with E-state index in [2.05, 4.69) is 12.2 Å². The predicted octanol–water partition coefficient (Wildman–Crippen LogP) is 4.38. The van der Waals surface area contributed by atoms with E-state index in [1.807, 2.05) is 13.0 Å². The average Bonchev–Trinajstić information content (AvgIpc) is 2.68.